The lowest BCUT2D eigenvalue weighted by Crippen LogP contribution is -2.35. The molecule has 1 aromatic heterocycles. The number of halogens is 1. The number of nitrogens with one attached hydrogen (secondary N) is 1. The maximum atomic E-state index is 12.3. The van der Waals surface area contributed by atoms with Crippen LogP contribution in [-0.4, -0.2) is 41.4 Å². The maximum Gasteiger partial charge on any atom is 0.283 e. The Labute approximate surface area is 133 Å². The Morgan fingerprint density at radius 1 is 1.38 bits per heavy atom. The highest BCUT2D eigenvalue weighted by Crippen LogP contribution is 2.30. The maximum absolute atomic E-state index is 12.3. The Bertz CT molecular complexity index is 555. The SMILES string of the molecule is CN1CCCC(CNc2cnn(CC3CC3)c(=O)c2Br)C1. The standard InChI is InChI=1S/C15H23BrN4O/c1-19-6-2-3-12(9-19)7-17-13-8-18-20(10-11-4-5-11)15(21)14(13)16/h8,11-12,17H,2-7,9-10H2,1H3. The van der Waals surface area contributed by atoms with Gasteiger partial charge in [0.15, 0.2) is 0 Å². The summed E-state index contributed by atoms with van der Waals surface area (Å²) >= 11 is 3.43. The molecule has 1 saturated heterocycles. The molecule has 2 heterocycles. The molecule has 0 radical (unpaired) electrons. The molecule has 1 N–H and O–H groups in total. The Morgan fingerprint density at radius 2 is 2.19 bits per heavy atom. The number of rotatable bonds is 5. The summed E-state index contributed by atoms with van der Waals surface area (Å²) in [7, 11) is 2.17. The summed E-state index contributed by atoms with van der Waals surface area (Å²) in [6, 6.07) is 0. The highest BCUT2D eigenvalue weighted by molar-refractivity contribution is 9.10. The largest absolute Gasteiger partial charge is 0.382 e. The molecule has 1 unspecified atom stereocenters. The fourth-order valence-electron chi connectivity index (χ4n) is 2.96. The van der Waals surface area contributed by atoms with E-state index >= 15 is 0 Å². The highest BCUT2D eigenvalue weighted by atomic mass is 79.9. The van der Waals surface area contributed by atoms with Crippen LogP contribution in [0.5, 0.6) is 0 Å². The first-order valence-corrected chi connectivity index (χ1v) is 8.61. The van der Waals surface area contributed by atoms with Crippen LogP contribution in [0.1, 0.15) is 25.7 Å². The van der Waals surface area contributed by atoms with Gasteiger partial charge in [0.25, 0.3) is 5.56 Å². The zero-order valence-corrected chi connectivity index (χ0v) is 14.1. The molecule has 2 aliphatic rings. The first-order chi connectivity index (χ1) is 10.1. The minimum Gasteiger partial charge on any atom is -0.382 e. The van der Waals surface area contributed by atoms with Gasteiger partial charge < -0.3 is 10.2 Å². The molecule has 1 aliphatic heterocycles. The average molecular weight is 355 g/mol. The van der Waals surface area contributed by atoms with Crippen LogP contribution in [-0.2, 0) is 6.54 Å². The first-order valence-electron chi connectivity index (χ1n) is 7.81. The smallest absolute Gasteiger partial charge is 0.283 e. The summed E-state index contributed by atoms with van der Waals surface area (Å²) in [5, 5.41) is 7.69. The minimum atomic E-state index is -0.0207. The number of hydrogen-bond donors (Lipinski definition) is 1. The predicted molar refractivity (Wildman–Crippen MR) is 87.6 cm³/mol. The van der Waals surface area contributed by atoms with Gasteiger partial charge in [-0.3, -0.25) is 4.79 Å². The van der Waals surface area contributed by atoms with Crippen molar-refractivity contribution in [1.82, 2.24) is 14.7 Å². The quantitative estimate of drug-likeness (QED) is 0.880. The van der Waals surface area contributed by atoms with E-state index in [9.17, 15) is 4.79 Å². The zero-order chi connectivity index (χ0) is 14.8. The second kappa shape index (κ2) is 6.48. The molecule has 1 atom stereocenters. The highest BCUT2D eigenvalue weighted by Gasteiger charge is 2.23. The van der Waals surface area contributed by atoms with E-state index in [2.05, 4.69) is 38.3 Å². The molecule has 2 fully saturated rings. The van der Waals surface area contributed by atoms with E-state index in [4.69, 9.17) is 0 Å². The molecule has 1 saturated carbocycles. The molecule has 116 valence electrons. The normalized spacial score (nSPS) is 23.2. The van der Waals surface area contributed by atoms with E-state index in [0.29, 0.717) is 16.3 Å². The number of hydrogen-bond acceptors (Lipinski definition) is 4. The van der Waals surface area contributed by atoms with Gasteiger partial charge in [-0.15, -0.1) is 0 Å². The van der Waals surface area contributed by atoms with E-state index in [1.165, 1.54) is 32.2 Å². The number of aromatic nitrogens is 2. The van der Waals surface area contributed by atoms with Crippen molar-refractivity contribution in [1.29, 1.82) is 0 Å². The van der Waals surface area contributed by atoms with Crippen LogP contribution in [0.3, 0.4) is 0 Å². The van der Waals surface area contributed by atoms with E-state index in [1.807, 2.05) is 0 Å². The third-order valence-corrected chi connectivity index (χ3v) is 5.18. The van der Waals surface area contributed by atoms with Crippen molar-refractivity contribution in [3.8, 4) is 0 Å². The molecular formula is C15H23BrN4O. The van der Waals surface area contributed by atoms with Gasteiger partial charge in [0, 0.05) is 19.6 Å². The van der Waals surface area contributed by atoms with Crippen LogP contribution in [0.2, 0.25) is 0 Å². The van der Waals surface area contributed by atoms with E-state index in [-0.39, 0.29) is 5.56 Å². The van der Waals surface area contributed by atoms with Crippen molar-refractivity contribution in [2.45, 2.75) is 32.2 Å². The van der Waals surface area contributed by atoms with Crippen molar-refractivity contribution < 1.29 is 0 Å². The third-order valence-electron chi connectivity index (χ3n) is 4.42. The Balaban J connectivity index is 1.62. The van der Waals surface area contributed by atoms with Crippen molar-refractivity contribution in [2.75, 3.05) is 32.0 Å². The summed E-state index contributed by atoms with van der Waals surface area (Å²) in [5.41, 5.74) is 0.799. The van der Waals surface area contributed by atoms with E-state index in [1.54, 1.807) is 10.9 Å². The zero-order valence-electron chi connectivity index (χ0n) is 12.5. The van der Waals surface area contributed by atoms with Gasteiger partial charge in [0.05, 0.1) is 11.9 Å². The van der Waals surface area contributed by atoms with Crippen LogP contribution in [0.15, 0.2) is 15.5 Å². The van der Waals surface area contributed by atoms with Crippen molar-refractivity contribution in [3.63, 3.8) is 0 Å². The third kappa shape index (κ3) is 3.86. The van der Waals surface area contributed by atoms with E-state index < -0.39 is 0 Å². The Hall–Kier alpha value is -0.880. The minimum absolute atomic E-state index is 0.0207. The van der Waals surface area contributed by atoms with Gasteiger partial charge >= 0.3 is 0 Å². The molecule has 1 aromatic rings. The predicted octanol–water partition coefficient (Wildman–Crippen LogP) is 2.17. The van der Waals surface area contributed by atoms with Gasteiger partial charge in [-0.2, -0.15) is 5.10 Å². The summed E-state index contributed by atoms with van der Waals surface area (Å²) in [4.78, 5) is 14.6. The fourth-order valence-corrected chi connectivity index (χ4v) is 3.40. The molecule has 21 heavy (non-hydrogen) atoms. The van der Waals surface area contributed by atoms with Crippen LogP contribution >= 0.6 is 15.9 Å². The Kier molecular flexibility index (Phi) is 4.64. The molecule has 0 aromatic carbocycles. The number of likely N-dealkylation sites (tertiary alicyclic amines) is 1. The summed E-state index contributed by atoms with van der Waals surface area (Å²) in [6.07, 6.45) is 6.73. The molecule has 0 amide bonds. The van der Waals surface area contributed by atoms with E-state index in [0.717, 1.165) is 25.3 Å². The summed E-state index contributed by atoms with van der Waals surface area (Å²) in [5.74, 6) is 1.29. The molecule has 3 rings (SSSR count). The summed E-state index contributed by atoms with van der Waals surface area (Å²) < 4.78 is 2.20. The van der Waals surface area contributed by atoms with Crippen molar-refractivity contribution in [2.24, 2.45) is 11.8 Å². The second-order valence-corrected chi connectivity index (χ2v) is 7.25. The average Bonchev–Trinajstić information content (AvgIpc) is 3.27. The van der Waals surface area contributed by atoms with Gasteiger partial charge in [0.2, 0.25) is 0 Å². The second-order valence-electron chi connectivity index (χ2n) is 6.45. The van der Waals surface area contributed by atoms with Gasteiger partial charge in [0.1, 0.15) is 4.47 Å². The molecule has 0 spiro atoms. The summed E-state index contributed by atoms with van der Waals surface area (Å²) in [6.45, 7) is 3.97. The lowest BCUT2D eigenvalue weighted by molar-refractivity contribution is 0.217. The van der Waals surface area contributed by atoms with Gasteiger partial charge in [-0.25, -0.2) is 4.68 Å². The van der Waals surface area contributed by atoms with Crippen molar-refractivity contribution in [3.05, 3.63) is 21.0 Å². The molecule has 5 nitrogen and oxygen atoms in total. The van der Waals surface area contributed by atoms with Crippen LogP contribution < -0.4 is 10.9 Å². The van der Waals surface area contributed by atoms with Gasteiger partial charge in [-0.05, 0) is 67.0 Å². The number of anilines is 1. The first kappa shape index (κ1) is 15.0. The molecule has 0 bridgehead atoms. The fraction of sp³-hybridized carbons (Fsp3) is 0.733. The number of piperidine rings is 1. The Morgan fingerprint density at radius 3 is 2.90 bits per heavy atom. The molecule has 6 heteroatoms. The lowest BCUT2D eigenvalue weighted by atomic mass is 9.98. The van der Waals surface area contributed by atoms with Crippen molar-refractivity contribution >= 4 is 21.6 Å². The molecule has 1 aliphatic carbocycles. The van der Waals surface area contributed by atoms with Crippen LogP contribution in [0.25, 0.3) is 0 Å². The topological polar surface area (TPSA) is 50.2 Å². The van der Waals surface area contributed by atoms with Crippen LogP contribution in [0.4, 0.5) is 5.69 Å². The van der Waals surface area contributed by atoms with Crippen LogP contribution in [0, 0.1) is 11.8 Å². The molecular weight excluding hydrogens is 332 g/mol. The lowest BCUT2D eigenvalue weighted by Gasteiger charge is -2.30. The van der Waals surface area contributed by atoms with Gasteiger partial charge in [-0.1, -0.05) is 0 Å². The monoisotopic (exact) mass is 354 g/mol. The number of nitrogens with zero attached hydrogens (tertiary/aromatic N) is 3.